The second kappa shape index (κ2) is 7.13. The van der Waals surface area contributed by atoms with Crippen LogP contribution in [-0.2, 0) is 23.1 Å². The quantitative estimate of drug-likeness (QED) is 0.744. The van der Waals surface area contributed by atoms with Crippen molar-refractivity contribution in [3.63, 3.8) is 0 Å². The van der Waals surface area contributed by atoms with E-state index in [9.17, 15) is 8.42 Å². The third-order valence-electron chi connectivity index (χ3n) is 2.58. The predicted octanol–water partition coefficient (Wildman–Crippen LogP) is 1.38. The molecule has 102 valence electrons. The monoisotopic (exact) mass is 289 g/mol. The molecule has 0 atom stereocenters. The molecule has 1 rings (SSSR count). The molecule has 1 aromatic carbocycles. The number of rotatable bonds is 7. The Labute approximate surface area is 113 Å². The van der Waals surface area contributed by atoms with Crippen LogP contribution in [-0.4, -0.2) is 32.1 Å². The van der Waals surface area contributed by atoms with Gasteiger partial charge in [0.1, 0.15) is 0 Å². The highest BCUT2D eigenvalue weighted by Crippen LogP contribution is 2.18. The minimum absolute atomic E-state index is 0.155. The van der Waals surface area contributed by atoms with Crippen LogP contribution >= 0.6 is 11.8 Å². The average molecular weight is 289 g/mol. The number of nitrogens with one attached hydrogen (secondary N) is 1. The van der Waals surface area contributed by atoms with E-state index in [1.165, 1.54) is 0 Å². The lowest BCUT2D eigenvalue weighted by molar-refractivity contribution is 0.281. The van der Waals surface area contributed by atoms with Crippen molar-refractivity contribution >= 4 is 21.8 Å². The molecule has 0 heterocycles. The van der Waals surface area contributed by atoms with E-state index in [1.54, 1.807) is 30.0 Å². The molecule has 0 fully saturated rings. The van der Waals surface area contributed by atoms with Gasteiger partial charge in [-0.2, -0.15) is 11.8 Å². The Balaban J connectivity index is 3.05. The minimum atomic E-state index is -3.48. The first kappa shape index (κ1) is 15.5. The molecule has 0 radical (unpaired) electrons. The van der Waals surface area contributed by atoms with Gasteiger partial charge in [0.25, 0.3) is 0 Å². The number of hydrogen-bond acceptors (Lipinski definition) is 4. The van der Waals surface area contributed by atoms with Crippen molar-refractivity contribution in [2.75, 3.05) is 18.6 Å². The second-order valence-electron chi connectivity index (χ2n) is 3.84. The zero-order valence-electron chi connectivity index (χ0n) is 10.6. The number of hydrogen-bond donors (Lipinski definition) is 2. The molecular weight excluding hydrogens is 270 g/mol. The molecule has 0 aromatic heterocycles. The van der Waals surface area contributed by atoms with E-state index in [-0.39, 0.29) is 11.5 Å². The zero-order chi connectivity index (χ0) is 13.6. The van der Waals surface area contributed by atoms with Gasteiger partial charge in [-0.05, 0) is 29.9 Å². The Bertz CT molecular complexity index is 486. The summed E-state index contributed by atoms with van der Waals surface area (Å²) in [6.07, 6.45) is 2.57. The molecule has 0 spiro atoms. The summed E-state index contributed by atoms with van der Waals surface area (Å²) >= 11 is 1.59. The number of aliphatic hydroxyl groups is 1. The van der Waals surface area contributed by atoms with E-state index in [0.29, 0.717) is 18.5 Å². The fraction of sp³-hybridized carbons (Fsp3) is 0.500. The largest absolute Gasteiger partial charge is 0.392 e. The van der Waals surface area contributed by atoms with Crippen LogP contribution in [0.1, 0.15) is 18.1 Å². The molecule has 18 heavy (non-hydrogen) atoms. The van der Waals surface area contributed by atoms with Gasteiger partial charge >= 0.3 is 0 Å². The lowest BCUT2D eigenvalue weighted by Gasteiger charge is -2.11. The van der Waals surface area contributed by atoms with Gasteiger partial charge in [0.2, 0.25) is 10.0 Å². The van der Waals surface area contributed by atoms with Gasteiger partial charge in [-0.25, -0.2) is 13.1 Å². The zero-order valence-corrected chi connectivity index (χ0v) is 12.3. The van der Waals surface area contributed by atoms with Gasteiger partial charge in [-0.3, -0.25) is 0 Å². The fourth-order valence-electron chi connectivity index (χ4n) is 1.60. The number of aryl methyl sites for hydroxylation is 1. The Morgan fingerprint density at radius 1 is 1.39 bits per heavy atom. The van der Waals surface area contributed by atoms with Crippen LogP contribution in [0.25, 0.3) is 0 Å². The Kier molecular flexibility index (Phi) is 6.14. The van der Waals surface area contributed by atoms with E-state index >= 15 is 0 Å². The van der Waals surface area contributed by atoms with Crippen molar-refractivity contribution in [2.24, 2.45) is 0 Å². The Morgan fingerprint density at radius 3 is 2.67 bits per heavy atom. The SMILES string of the molecule is CCc1ccc(CO)cc1S(=O)(=O)NCCSC. The van der Waals surface area contributed by atoms with Crippen LogP contribution in [0.5, 0.6) is 0 Å². The maximum atomic E-state index is 12.2. The summed E-state index contributed by atoms with van der Waals surface area (Å²) in [7, 11) is -3.48. The topological polar surface area (TPSA) is 66.4 Å². The molecule has 0 bridgehead atoms. The van der Waals surface area contributed by atoms with E-state index in [0.717, 1.165) is 11.3 Å². The molecule has 0 aliphatic carbocycles. The highest BCUT2D eigenvalue weighted by molar-refractivity contribution is 7.98. The smallest absolute Gasteiger partial charge is 0.240 e. The average Bonchev–Trinajstić information content (AvgIpc) is 2.38. The van der Waals surface area contributed by atoms with Crippen LogP contribution in [0.3, 0.4) is 0 Å². The molecule has 0 saturated heterocycles. The highest BCUT2D eigenvalue weighted by atomic mass is 32.2. The molecule has 2 N–H and O–H groups in total. The van der Waals surface area contributed by atoms with E-state index < -0.39 is 10.0 Å². The van der Waals surface area contributed by atoms with Crippen LogP contribution in [0.4, 0.5) is 0 Å². The van der Waals surface area contributed by atoms with Gasteiger partial charge < -0.3 is 5.11 Å². The van der Waals surface area contributed by atoms with Crippen molar-refractivity contribution in [2.45, 2.75) is 24.8 Å². The van der Waals surface area contributed by atoms with Crippen LogP contribution in [0.2, 0.25) is 0 Å². The van der Waals surface area contributed by atoms with Crippen LogP contribution in [0, 0.1) is 0 Å². The first-order valence-corrected chi connectivity index (χ1v) is 8.64. The van der Waals surface area contributed by atoms with Gasteiger partial charge in [0, 0.05) is 12.3 Å². The van der Waals surface area contributed by atoms with Crippen molar-refractivity contribution < 1.29 is 13.5 Å². The van der Waals surface area contributed by atoms with E-state index in [4.69, 9.17) is 5.11 Å². The summed E-state index contributed by atoms with van der Waals surface area (Å²) in [6.45, 7) is 2.17. The number of sulfonamides is 1. The number of benzene rings is 1. The van der Waals surface area contributed by atoms with Crippen molar-refractivity contribution in [1.82, 2.24) is 4.72 Å². The third kappa shape index (κ3) is 3.98. The summed E-state index contributed by atoms with van der Waals surface area (Å²) in [5.41, 5.74) is 1.38. The van der Waals surface area contributed by atoms with Gasteiger partial charge in [0.05, 0.1) is 11.5 Å². The minimum Gasteiger partial charge on any atom is -0.392 e. The summed E-state index contributed by atoms with van der Waals surface area (Å²) in [5.74, 6) is 0.736. The standard InChI is InChI=1S/C12H19NO3S2/c1-3-11-5-4-10(9-14)8-12(11)18(15,16)13-6-7-17-2/h4-5,8,13-14H,3,6-7,9H2,1-2H3. The molecule has 0 saturated carbocycles. The molecular formula is C12H19NO3S2. The van der Waals surface area contributed by atoms with E-state index in [2.05, 4.69) is 4.72 Å². The molecule has 6 heteroatoms. The molecule has 4 nitrogen and oxygen atoms in total. The molecule has 0 aliphatic rings. The number of aliphatic hydroxyl groups excluding tert-OH is 1. The van der Waals surface area contributed by atoms with E-state index in [1.807, 2.05) is 13.2 Å². The van der Waals surface area contributed by atoms with Crippen molar-refractivity contribution in [1.29, 1.82) is 0 Å². The first-order valence-electron chi connectivity index (χ1n) is 5.76. The highest BCUT2D eigenvalue weighted by Gasteiger charge is 2.17. The van der Waals surface area contributed by atoms with Gasteiger partial charge in [0.15, 0.2) is 0 Å². The summed E-state index contributed by atoms with van der Waals surface area (Å²) in [5, 5.41) is 9.09. The summed E-state index contributed by atoms with van der Waals surface area (Å²) in [4.78, 5) is 0.276. The van der Waals surface area contributed by atoms with Gasteiger partial charge in [-0.15, -0.1) is 0 Å². The molecule has 0 aliphatic heterocycles. The lowest BCUT2D eigenvalue weighted by Crippen LogP contribution is -2.27. The summed E-state index contributed by atoms with van der Waals surface area (Å²) in [6, 6.07) is 5.05. The third-order valence-corrected chi connectivity index (χ3v) is 4.74. The Hall–Kier alpha value is -0.560. The lowest BCUT2D eigenvalue weighted by atomic mass is 10.1. The fourth-order valence-corrected chi connectivity index (χ4v) is 3.42. The number of thioether (sulfide) groups is 1. The molecule has 0 amide bonds. The van der Waals surface area contributed by atoms with Crippen molar-refractivity contribution in [3.8, 4) is 0 Å². The van der Waals surface area contributed by atoms with Crippen LogP contribution in [0.15, 0.2) is 23.1 Å². The Morgan fingerprint density at radius 2 is 2.11 bits per heavy atom. The first-order chi connectivity index (χ1) is 8.55. The maximum Gasteiger partial charge on any atom is 0.240 e. The van der Waals surface area contributed by atoms with Crippen molar-refractivity contribution in [3.05, 3.63) is 29.3 Å². The summed E-state index contributed by atoms with van der Waals surface area (Å²) < 4.78 is 26.9. The maximum absolute atomic E-state index is 12.2. The normalized spacial score (nSPS) is 11.7. The van der Waals surface area contributed by atoms with Crippen LogP contribution < -0.4 is 4.72 Å². The molecule has 1 aromatic rings. The van der Waals surface area contributed by atoms with Gasteiger partial charge in [-0.1, -0.05) is 19.1 Å². The molecule has 0 unspecified atom stereocenters. The predicted molar refractivity (Wildman–Crippen MR) is 75.3 cm³/mol. The second-order valence-corrected chi connectivity index (χ2v) is 6.57.